The van der Waals surface area contributed by atoms with Crippen LogP contribution in [0.1, 0.15) is 5.56 Å². The molecule has 0 amide bonds. The van der Waals surface area contributed by atoms with Crippen LogP contribution in [0.3, 0.4) is 0 Å². The number of phenolic OH excluding ortho intramolecular Hbond substituents is 1. The fourth-order valence-electron chi connectivity index (χ4n) is 2.30. The molecule has 0 spiro atoms. The van der Waals surface area contributed by atoms with Crippen LogP contribution in [0.4, 0.5) is 15.8 Å². The van der Waals surface area contributed by atoms with Crippen molar-refractivity contribution in [1.82, 2.24) is 0 Å². The van der Waals surface area contributed by atoms with E-state index in [-0.39, 0.29) is 37.6 Å². The number of hydrogen-bond acceptors (Lipinski definition) is 4. The number of rotatable bonds is 5. The van der Waals surface area contributed by atoms with Gasteiger partial charge in [-0.1, -0.05) is 29.8 Å². The number of phenols is 1. The predicted molar refractivity (Wildman–Crippen MR) is 105 cm³/mol. The van der Waals surface area contributed by atoms with E-state index in [1.165, 1.54) is 36.5 Å². The zero-order chi connectivity index (χ0) is 20.3. The highest BCUT2D eigenvalue weighted by Gasteiger charge is 2.18. The van der Waals surface area contributed by atoms with Gasteiger partial charge < -0.3 is 5.11 Å². The second-order valence-electron chi connectivity index (χ2n) is 5.68. The quantitative estimate of drug-likeness (QED) is 0.576. The summed E-state index contributed by atoms with van der Waals surface area (Å²) in [7, 11) is -3.89. The van der Waals surface area contributed by atoms with Gasteiger partial charge in [0.2, 0.25) is 5.02 Å². The summed E-state index contributed by atoms with van der Waals surface area (Å²) in [4.78, 5) is 4.22. The highest BCUT2D eigenvalue weighted by Crippen LogP contribution is 2.34. The molecule has 0 saturated heterocycles. The molecular formula is C19H14Cl2FN2O3S+. The molecule has 0 atom stereocenters. The number of hydrogen-bond donors (Lipinski definition) is 2. The van der Waals surface area contributed by atoms with Crippen LogP contribution in [0, 0.1) is 17.4 Å². The van der Waals surface area contributed by atoms with Crippen molar-refractivity contribution in [2.24, 2.45) is 4.99 Å². The van der Waals surface area contributed by atoms with E-state index in [4.69, 9.17) is 23.2 Å². The maximum Gasteiger partial charge on any atom is 0.261 e. The average molecular weight is 440 g/mol. The molecule has 9 heteroatoms. The monoisotopic (exact) mass is 439 g/mol. The Morgan fingerprint density at radius 1 is 1.11 bits per heavy atom. The first-order valence-corrected chi connectivity index (χ1v) is 10.1. The molecule has 0 saturated carbocycles. The Labute approximate surface area is 171 Å². The van der Waals surface area contributed by atoms with Crippen LogP contribution in [-0.4, -0.2) is 19.7 Å². The molecule has 0 bridgehead atoms. The zero-order valence-corrected chi connectivity index (χ0v) is 16.5. The summed E-state index contributed by atoms with van der Waals surface area (Å²) in [5.41, 5.74) is 0.380. The topological polar surface area (TPSA) is 78.8 Å². The van der Waals surface area contributed by atoms with Gasteiger partial charge in [-0.3, -0.25) is 9.71 Å². The van der Waals surface area contributed by atoms with Crippen LogP contribution >= 0.6 is 11.6 Å². The zero-order valence-electron chi connectivity index (χ0n) is 14.1. The number of sulfonamides is 1. The lowest BCUT2D eigenvalue weighted by atomic mass is 10.2. The number of benzene rings is 3. The molecule has 144 valence electrons. The van der Waals surface area contributed by atoms with E-state index in [0.29, 0.717) is 0 Å². The molecule has 2 N–H and O–H groups in total. The van der Waals surface area contributed by atoms with Crippen molar-refractivity contribution in [3.05, 3.63) is 82.1 Å². The molecule has 0 fully saturated rings. The van der Waals surface area contributed by atoms with Gasteiger partial charge in [0.15, 0.2) is 11.6 Å². The Morgan fingerprint density at radius 3 is 2.54 bits per heavy atom. The second kappa shape index (κ2) is 8.18. The molecule has 5 nitrogen and oxygen atoms in total. The van der Waals surface area contributed by atoms with E-state index in [0.717, 1.165) is 12.1 Å². The van der Waals surface area contributed by atoms with Crippen molar-refractivity contribution in [1.29, 1.82) is 0 Å². The number of anilines is 1. The number of halogens is 3. The third-order valence-electron chi connectivity index (χ3n) is 3.68. The Balaban J connectivity index is 2.02. The minimum Gasteiger partial charge on any atom is -0.507 e. The van der Waals surface area contributed by atoms with Crippen LogP contribution in [-0.2, 0) is 10.0 Å². The third-order valence-corrected chi connectivity index (χ3v) is 5.82. The molecule has 0 unspecified atom stereocenters. The number of nitrogens with one attached hydrogen (secondary N) is 1. The summed E-state index contributed by atoms with van der Waals surface area (Å²) >= 11 is 11.2. The van der Waals surface area contributed by atoms with Gasteiger partial charge >= 0.3 is 0 Å². The van der Waals surface area contributed by atoms with Crippen LogP contribution in [0.2, 0.25) is 10.0 Å². The maximum absolute atomic E-state index is 13.4. The van der Waals surface area contributed by atoms with E-state index in [9.17, 15) is 17.9 Å². The highest BCUT2D eigenvalue weighted by molar-refractivity contribution is 7.92. The Hall–Kier alpha value is -2.61. The normalized spacial score (nSPS) is 11.7. The Morgan fingerprint density at radius 2 is 1.82 bits per heavy atom. The fraction of sp³-hybridized carbons (Fsp3) is 0. The molecule has 3 aromatic rings. The average Bonchev–Trinajstić information content (AvgIpc) is 2.66. The van der Waals surface area contributed by atoms with Gasteiger partial charge in [0.05, 0.1) is 16.3 Å². The second-order valence-corrected chi connectivity index (χ2v) is 8.21. The van der Waals surface area contributed by atoms with Crippen LogP contribution < -0.4 is 4.72 Å². The molecule has 0 aliphatic heterocycles. The minimum absolute atomic E-state index is 0.0614. The first kappa shape index (κ1) is 20.1. The van der Waals surface area contributed by atoms with Crippen molar-refractivity contribution < 1.29 is 29.5 Å². The smallest absolute Gasteiger partial charge is 0.261 e. The molecule has 0 aliphatic carbocycles. The van der Waals surface area contributed by atoms with E-state index in [1.807, 2.05) is 0 Å². The Bertz CT molecular complexity index is 1150. The van der Waals surface area contributed by atoms with E-state index in [1.54, 1.807) is 18.2 Å². The van der Waals surface area contributed by atoms with Crippen LogP contribution in [0.5, 0.6) is 5.75 Å². The van der Waals surface area contributed by atoms with Crippen molar-refractivity contribution in [3.63, 3.8) is 0 Å². The molecular weight excluding hydrogens is 426 g/mol. The van der Waals surface area contributed by atoms with Crippen molar-refractivity contribution >= 4 is 39.2 Å². The molecule has 0 radical (unpaired) electrons. The minimum atomic E-state index is -3.89. The van der Waals surface area contributed by atoms with Crippen molar-refractivity contribution in [2.75, 3.05) is 4.72 Å². The number of nitrogens with zero attached hydrogens (tertiary/aromatic N) is 1. The summed E-state index contributed by atoms with van der Waals surface area (Å²) in [6.45, 7) is 0. The molecule has 3 aromatic carbocycles. The molecule has 28 heavy (non-hydrogen) atoms. The molecule has 0 aliphatic rings. The van der Waals surface area contributed by atoms with Crippen LogP contribution in [0.25, 0.3) is 0 Å². The van der Waals surface area contributed by atoms with Gasteiger partial charge in [0.1, 0.15) is 16.6 Å². The van der Waals surface area contributed by atoms with Gasteiger partial charge in [-0.05, 0) is 36.4 Å². The summed E-state index contributed by atoms with van der Waals surface area (Å²) in [6, 6.07) is 13.9. The van der Waals surface area contributed by atoms with E-state index in [2.05, 4.69) is 9.71 Å². The Kier molecular flexibility index (Phi) is 5.88. The predicted octanol–water partition coefficient (Wildman–Crippen LogP) is 4.43. The van der Waals surface area contributed by atoms with Crippen molar-refractivity contribution in [3.8, 4) is 5.75 Å². The van der Waals surface area contributed by atoms with Gasteiger partial charge in [-0.2, -0.15) is 0 Å². The van der Waals surface area contributed by atoms with E-state index >= 15 is 0 Å². The lowest BCUT2D eigenvalue weighted by Crippen LogP contribution is -2.13. The van der Waals surface area contributed by atoms with Gasteiger partial charge in [-0.15, -0.1) is 0 Å². The standard InChI is InChI=1S/C19H13Cl2FN2O3S/c20-15-9-17(23-11-12-8-13(22)6-7-19(12)25)18(10-16(15)21)24-28(26,27)14-4-2-1-3-5-14/h1-11,20,24H/p+1. The lowest BCUT2D eigenvalue weighted by molar-refractivity contribution is -0.288. The number of aliphatic imine (C=N–C) groups is 1. The van der Waals surface area contributed by atoms with Crippen molar-refractivity contribution in [2.45, 2.75) is 4.90 Å². The first-order valence-electron chi connectivity index (χ1n) is 7.87. The molecule has 0 aromatic heterocycles. The summed E-state index contributed by atoms with van der Waals surface area (Å²) in [6.07, 6.45) is 1.21. The molecule has 0 heterocycles. The summed E-state index contributed by atoms with van der Waals surface area (Å²) < 4.78 is 41.0. The fourth-order valence-corrected chi connectivity index (χ4v) is 3.72. The SMILES string of the molecule is O=S(=O)(Nc1cc(Cl)c([ClH+])cc1N=Cc1cc(F)ccc1O)c1ccccc1. The van der Waals surface area contributed by atoms with Gasteiger partial charge in [-0.25, -0.2) is 12.8 Å². The lowest BCUT2D eigenvalue weighted by Gasteiger charge is -2.10. The first-order chi connectivity index (χ1) is 13.3. The maximum atomic E-state index is 13.4. The van der Waals surface area contributed by atoms with E-state index < -0.39 is 15.8 Å². The number of aromatic hydroxyl groups is 1. The molecule has 3 rings (SSSR count). The highest BCUT2D eigenvalue weighted by atomic mass is 35.5. The largest absolute Gasteiger partial charge is 0.507 e. The summed E-state index contributed by atoms with van der Waals surface area (Å²) in [5.74, 6) is -0.728. The van der Waals surface area contributed by atoms with Gasteiger partial charge in [0.25, 0.3) is 10.0 Å². The third kappa shape index (κ3) is 4.62. The van der Waals surface area contributed by atoms with Crippen LogP contribution in [0.15, 0.2) is 70.6 Å². The van der Waals surface area contributed by atoms with Gasteiger partial charge in [0, 0.05) is 17.8 Å². The summed E-state index contributed by atoms with van der Waals surface area (Å²) in [5, 5.41) is 10.2.